The summed E-state index contributed by atoms with van der Waals surface area (Å²) >= 11 is 0. The average molecular weight is 300 g/mol. The third kappa shape index (κ3) is 3.35. The number of benzene rings is 1. The summed E-state index contributed by atoms with van der Waals surface area (Å²) < 4.78 is 0. The van der Waals surface area contributed by atoms with Crippen LogP contribution in [-0.2, 0) is 0 Å². The lowest BCUT2D eigenvalue weighted by Crippen LogP contribution is -2.46. The predicted octanol–water partition coefficient (Wildman–Crippen LogP) is 0.163. The number of aromatic amines is 1. The molecule has 6 nitrogen and oxygen atoms in total. The smallest absolute Gasteiger partial charge is 0.267 e. The summed E-state index contributed by atoms with van der Waals surface area (Å²) in [6, 6.07) is 8.97. The van der Waals surface area contributed by atoms with Crippen molar-refractivity contribution < 1.29 is 4.79 Å². The first kappa shape index (κ1) is 14.7. The zero-order chi connectivity index (χ0) is 15.4. The SMILES string of the molecule is O=C(NCCN1CCNCC1)c1cc2ccccc2c(=O)[nH]1. The minimum Gasteiger partial charge on any atom is -0.349 e. The number of nitrogens with one attached hydrogen (secondary N) is 3. The van der Waals surface area contributed by atoms with Crippen LogP contribution in [0.3, 0.4) is 0 Å². The number of hydrogen-bond donors (Lipinski definition) is 3. The van der Waals surface area contributed by atoms with Gasteiger partial charge in [-0.1, -0.05) is 18.2 Å². The van der Waals surface area contributed by atoms with Crippen LogP contribution in [0.15, 0.2) is 35.1 Å². The predicted molar refractivity (Wildman–Crippen MR) is 86.2 cm³/mol. The maximum Gasteiger partial charge on any atom is 0.267 e. The number of rotatable bonds is 4. The third-order valence-corrected chi connectivity index (χ3v) is 3.92. The molecule has 0 bridgehead atoms. The minimum absolute atomic E-state index is 0.231. The molecule has 1 aromatic heterocycles. The fraction of sp³-hybridized carbons (Fsp3) is 0.375. The Hall–Kier alpha value is -2.18. The summed E-state index contributed by atoms with van der Waals surface area (Å²) in [4.78, 5) is 29.1. The van der Waals surface area contributed by atoms with Crippen molar-refractivity contribution in [2.75, 3.05) is 39.3 Å². The van der Waals surface area contributed by atoms with Crippen LogP contribution in [0.25, 0.3) is 10.8 Å². The molecular formula is C16H20N4O2. The standard InChI is InChI=1S/C16H20N4O2/c21-15-13-4-2-1-3-12(13)11-14(19-15)16(22)18-7-10-20-8-5-17-6-9-20/h1-4,11,17H,5-10H2,(H,18,22)(H,19,21). The summed E-state index contributed by atoms with van der Waals surface area (Å²) in [6.07, 6.45) is 0. The second kappa shape index (κ2) is 6.72. The van der Waals surface area contributed by atoms with Crippen molar-refractivity contribution in [1.29, 1.82) is 0 Å². The van der Waals surface area contributed by atoms with Crippen molar-refractivity contribution in [1.82, 2.24) is 20.5 Å². The highest BCUT2D eigenvalue weighted by Crippen LogP contribution is 2.09. The molecule has 22 heavy (non-hydrogen) atoms. The van der Waals surface area contributed by atoms with Crippen LogP contribution in [0.5, 0.6) is 0 Å². The van der Waals surface area contributed by atoms with Crippen LogP contribution in [0.2, 0.25) is 0 Å². The summed E-state index contributed by atoms with van der Waals surface area (Å²) in [5.74, 6) is -0.238. The zero-order valence-electron chi connectivity index (χ0n) is 12.4. The lowest BCUT2D eigenvalue weighted by atomic mass is 10.1. The quantitative estimate of drug-likeness (QED) is 0.752. The molecule has 3 rings (SSSR count). The molecule has 0 atom stereocenters. The van der Waals surface area contributed by atoms with Crippen molar-refractivity contribution in [3.8, 4) is 0 Å². The number of nitrogens with zero attached hydrogens (tertiary/aromatic N) is 1. The number of piperazine rings is 1. The van der Waals surface area contributed by atoms with E-state index in [0.717, 1.165) is 38.1 Å². The average Bonchev–Trinajstić information content (AvgIpc) is 2.56. The van der Waals surface area contributed by atoms with E-state index < -0.39 is 0 Å². The van der Waals surface area contributed by atoms with Gasteiger partial charge in [0.1, 0.15) is 5.69 Å². The second-order valence-corrected chi connectivity index (χ2v) is 5.45. The topological polar surface area (TPSA) is 77.2 Å². The molecule has 2 aromatic rings. The number of amides is 1. The van der Waals surface area contributed by atoms with Crippen LogP contribution in [-0.4, -0.2) is 55.1 Å². The van der Waals surface area contributed by atoms with E-state index in [9.17, 15) is 9.59 Å². The molecule has 3 N–H and O–H groups in total. The number of pyridine rings is 1. The van der Waals surface area contributed by atoms with Crippen LogP contribution < -0.4 is 16.2 Å². The van der Waals surface area contributed by atoms with E-state index in [-0.39, 0.29) is 11.5 Å². The second-order valence-electron chi connectivity index (χ2n) is 5.45. The fourth-order valence-electron chi connectivity index (χ4n) is 2.69. The van der Waals surface area contributed by atoms with Crippen LogP contribution in [0.1, 0.15) is 10.5 Å². The number of hydrogen-bond acceptors (Lipinski definition) is 4. The molecule has 0 radical (unpaired) electrons. The molecule has 1 aliphatic heterocycles. The van der Waals surface area contributed by atoms with E-state index in [4.69, 9.17) is 0 Å². The van der Waals surface area contributed by atoms with Gasteiger partial charge in [-0.05, 0) is 17.5 Å². The van der Waals surface area contributed by atoms with Gasteiger partial charge in [-0.25, -0.2) is 0 Å². The van der Waals surface area contributed by atoms with E-state index in [0.29, 0.717) is 17.6 Å². The molecular weight excluding hydrogens is 280 g/mol. The molecule has 6 heteroatoms. The van der Waals surface area contributed by atoms with Gasteiger partial charge in [-0.2, -0.15) is 0 Å². The Morgan fingerprint density at radius 1 is 1.23 bits per heavy atom. The Labute approximate surface area is 128 Å². The van der Waals surface area contributed by atoms with E-state index in [1.807, 2.05) is 18.2 Å². The van der Waals surface area contributed by atoms with Gasteiger partial charge < -0.3 is 15.6 Å². The molecule has 1 aromatic carbocycles. The van der Waals surface area contributed by atoms with Crippen molar-refractivity contribution >= 4 is 16.7 Å². The van der Waals surface area contributed by atoms with Gasteiger partial charge in [0.25, 0.3) is 11.5 Å². The molecule has 1 saturated heterocycles. The van der Waals surface area contributed by atoms with Gasteiger partial charge in [-0.15, -0.1) is 0 Å². The molecule has 2 heterocycles. The first-order chi connectivity index (χ1) is 10.7. The van der Waals surface area contributed by atoms with E-state index in [1.165, 1.54) is 0 Å². The van der Waals surface area contributed by atoms with E-state index >= 15 is 0 Å². The van der Waals surface area contributed by atoms with Crippen molar-refractivity contribution in [2.24, 2.45) is 0 Å². The summed E-state index contributed by atoms with van der Waals surface area (Å²) in [5, 5.41) is 7.53. The normalized spacial score (nSPS) is 15.8. The molecule has 116 valence electrons. The molecule has 0 spiro atoms. The maximum atomic E-state index is 12.2. The Morgan fingerprint density at radius 2 is 2.00 bits per heavy atom. The van der Waals surface area contributed by atoms with Gasteiger partial charge in [-0.3, -0.25) is 14.5 Å². The Balaban J connectivity index is 1.63. The maximum absolute atomic E-state index is 12.2. The fourth-order valence-corrected chi connectivity index (χ4v) is 2.69. The van der Waals surface area contributed by atoms with Crippen LogP contribution in [0, 0.1) is 0 Å². The van der Waals surface area contributed by atoms with E-state index in [1.54, 1.807) is 12.1 Å². The molecule has 0 unspecified atom stereocenters. The highest BCUT2D eigenvalue weighted by atomic mass is 16.2. The number of aromatic nitrogens is 1. The minimum atomic E-state index is -0.238. The van der Waals surface area contributed by atoms with Crippen molar-refractivity contribution in [3.63, 3.8) is 0 Å². The summed E-state index contributed by atoms with van der Waals surface area (Å²) in [7, 11) is 0. The molecule has 0 saturated carbocycles. The largest absolute Gasteiger partial charge is 0.349 e. The van der Waals surface area contributed by atoms with E-state index in [2.05, 4.69) is 20.5 Å². The van der Waals surface area contributed by atoms with Crippen molar-refractivity contribution in [2.45, 2.75) is 0 Å². The van der Waals surface area contributed by atoms with Gasteiger partial charge >= 0.3 is 0 Å². The van der Waals surface area contributed by atoms with Crippen LogP contribution in [0.4, 0.5) is 0 Å². The highest BCUT2D eigenvalue weighted by molar-refractivity contribution is 5.96. The third-order valence-electron chi connectivity index (χ3n) is 3.92. The lowest BCUT2D eigenvalue weighted by Gasteiger charge is -2.27. The highest BCUT2D eigenvalue weighted by Gasteiger charge is 2.11. The lowest BCUT2D eigenvalue weighted by molar-refractivity contribution is 0.0942. The molecule has 1 amide bonds. The van der Waals surface area contributed by atoms with Gasteiger partial charge in [0.2, 0.25) is 0 Å². The molecule has 1 aliphatic rings. The molecule has 0 aliphatic carbocycles. The number of carbonyl (C=O) groups excluding carboxylic acids is 1. The van der Waals surface area contributed by atoms with Crippen molar-refractivity contribution in [3.05, 3.63) is 46.4 Å². The van der Waals surface area contributed by atoms with Gasteiger partial charge in [0, 0.05) is 44.7 Å². The van der Waals surface area contributed by atoms with Gasteiger partial charge in [0.05, 0.1) is 0 Å². The first-order valence-electron chi connectivity index (χ1n) is 7.57. The number of carbonyl (C=O) groups is 1. The first-order valence-corrected chi connectivity index (χ1v) is 7.57. The Morgan fingerprint density at radius 3 is 2.82 bits per heavy atom. The Kier molecular flexibility index (Phi) is 4.50. The molecule has 1 fully saturated rings. The number of H-pyrrole nitrogens is 1. The Bertz CT molecular complexity index is 719. The summed E-state index contributed by atoms with van der Waals surface area (Å²) in [6.45, 7) is 5.39. The van der Waals surface area contributed by atoms with Crippen LogP contribution >= 0.6 is 0 Å². The summed E-state index contributed by atoms with van der Waals surface area (Å²) in [5.41, 5.74) is 0.0781. The zero-order valence-corrected chi connectivity index (χ0v) is 12.4. The van der Waals surface area contributed by atoms with Gasteiger partial charge in [0.15, 0.2) is 0 Å². The monoisotopic (exact) mass is 300 g/mol. The number of fused-ring (bicyclic) bond motifs is 1.